The van der Waals surface area contributed by atoms with Gasteiger partial charge < -0.3 is 13.9 Å². The van der Waals surface area contributed by atoms with E-state index in [1.807, 2.05) is 25.1 Å². The van der Waals surface area contributed by atoms with E-state index in [1.54, 1.807) is 12.1 Å². The molecule has 134 valence electrons. The van der Waals surface area contributed by atoms with Crippen LogP contribution < -0.4 is 4.74 Å². The highest BCUT2D eigenvalue weighted by Crippen LogP contribution is 2.38. The molecule has 5 heteroatoms. The van der Waals surface area contributed by atoms with E-state index in [4.69, 9.17) is 13.9 Å². The Morgan fingerprint density at radius 1 is 1.12 bits per heavy atom. The summed E-state index contributed by atoms with van der Waals surface area (Å²) in [6.45, 7) is 16.6. The Morgan fingerprint density at radius 2 is 1.67 bits per heavy atom. The highest BCUT2D eigenvalue weighted by atomic mass is 28.4. The maximum atomic E-state index is 12.6. The number of hydrogen-bond donors (Lipinski definition) is 0. The molecule has 0 N–H and O–H groups in total. The monoisotopic (exact) mass is 350 g/mol. The molecular formula is C19H30O4Si. The van der Waals surface area contributed by atoms with Crippen LogP contribution in [0.4, 0.5) is 0 Å². The van der Waals surface area contributed by atoms with Crippen molar-refractivity contribution in [3.05, 3.63) is 42.5 Å². The van der Waals surface area contributed by atoms with E-state index >= 15 is 0 Å². The quantitative estimate of drug-likeness (QED) is 0.313. The van der Waals surface area contributed by atoms with Crippen LogP contribution in [-0.4, -0.2) is 33.6 Å². The third-order valence-corrected chi connectivity index (χ3v) is 8.89. The van der Waals surface area contributed by atoms with Gasteiger partial charge in [-0.2, -0.15) is 0 Å². The molecule has 1 aromatic rings. The van der Waals surface area contributed by atoms with Gasteiger partial charge in [-0.15, -0.1) is 0 Å². The van der Waals surface area contributed by atoms with Crippen molar-refractivity contribution in [2.24, 2.45) is 0 Å². The van der Waals surface area contributed by atoms with Crippen molar-refractivity contribution in [2.75, 3.05) is 7.11 Å². The van der Waals surface area contributed by atoms with Crippen LogP contribution in [0.5, 0.6) is 5.75 Å². The molecule has 0 aliphatic carbocycles. The van der Waals surface area contributed by atoms with Gasteiger partial charge in [0.25, 0.3) is 0 Å². The summed E-state index contributed by atoms with van der Waals surface area (Å²) in [4.78, 5) is 12.6. The summed E-state index contributed by atoms with van der Waals surface area (Å²) in [5.41, 5.74) is 0.747. The summed E-state index contributed by atoms with van der Waals surface area (Å²) in [5.74, 6) is 0.00718. The fraction of sp³-hybridized carbons (Fsp3) is 0.526. The maximum Gasteiger partial charge on any atom is 0.343 e. The average Bonchev–Trinajstić information content (AvgIpc) is 2.46. The smallest absolute Gasteiger partial charge is 0.343 e. The van der Waals surface area contributed by atoms with Crippen LogP contribution in [0.3, 0.4) is 0 Å². The Morgan fingerprint density at radius 3 is 2.08 bits per heavy atom. The second kappa shape index (κ2) is 8.10. The number of methoxy groups -OCH3 is 1. The second-order valence-electron chi connectivity index (χ2n) is 7.54. The van der Waals surface area contributed by atoms with Gasteiger partial charge in [0.2, 0.25) is 0 Å². The summed E-state index contributed by atoms with van der Waals surface area (Å²) in [6, 6.07) is 8.95. The molecule has 0 heterocycles. The molecule has 0 aromatic heterocycles. The van der Waals surface area contributed by atoms with Gasteiger partial charge in [0.1, 0.15) is 11.9 Å². The SMILES string of the molecule is C=C(C)[C@H](O[Si](C)(C)C(C)(C)C)[C@@H](OC)C(=O)Oc1ccccc1. The number of rotatable bonds is 7. The normalized spacial score (nSPS) is 14.8. The molecule has 0 bridgehead atoms. The van der Waals surface area contributed by atoms with Crippen molar-refractivity contribution >= 4 is 14.3 Å². The molecule has 0 saturated heterocycles. The molecule has 1 aromatic carbocycles. The first-order valence-electron chi connectivity index (χ1n) is 8.12. The van der Waals surface area contributed by atoms with E-state index in [-0.39, 0.29) is 5.04 Å². The van der Waals surface area contributed by atoms with Crippen molar-refractivity contribution in [1.29, 1.82) is 0 Å². The number of carbonyl (C=O) groups is 1. The van der Waals surface area contributed by atoms with E-state index in [1.165, 1.54) is 7.11 Å². The molecular weight excluding hydrogens is 320 g/mol. The first kappa shape index (κ1) is 20.6. The van der Waals surface area contributed by atoms with Crippen molar-refractivity contribution < 1.29 is 18.7 Å². The van der Waals surface area contributed by atoms with Gasteiger partial charge in [-0.3, -0.25) is 0 Å². The summed E-state index contributed by atoms with van der Waals surface area (Å²) in [5, 5.41) is 0.0162. The minimum absolute atomic E-state index is 0.0162. The van der Waals surface area contributed by atoms with Crippen LogP contribution in [0, 0.1) is 0 Å². The van der Waals surface area contributed by atoms with Gasteiger partial charge >= 0.3 is 5.97 Å². The Kier molecular flexibility index (Phi) is 6.95. The lowest BCUT2D eigenvalue weighted by Crippen LogP contribution is -2.50. The lowest BCUT2D eigenvalue weighted by atomic mass is 10.1. The van der Waals surface area contributed by atoms with Crippen molar-refractivity contribution in [3.8, 4) is 5.75 Å². The van der Waals surface area contributed by atoms with Crippen LogP contribution in [-0.2, 0) is 14.0 Å². The molecule has 24 heavy (non-hydrogen) atoms. The number of carbonyl (C=O) groups excluding carboxylic acids is 1. The number of para-hydroxylation sites is 1. The van der Waals surface area contributed by atoms with E-state index in [2.05, 4.69) is 40.4 Å². The predicted octanol–water partition coefficient (Wildman–Crippen LogP) is 4.57. The molecule has 0 radical (unpaired) electrons. The third kappa shape index (κ3) is 5.29. The molecule has 0 saturated carbocycles. The lowest BCUT2D eigenvalue weighted by molar-refractivity contribution is -0.150. The zero-order valence-corrected chi connectivity index (χ0v) is 16.9. The maximum absolute atomic E-state index is 12.6. The largest absolute Gasteiger partial charge is 0.425 e. The molecule has 0 unspecified atom stereocenters. The minimum atomic E-state index is -2.10. The summed E-state index contributed by atoms with van der Waals surface area (Å²) < 4.78 is 17.2. The Hall–Kier alpha value is -1.43. The van der Waals surface area contributed by atoms with Crippen LogP contribution >= 0.6 is 0 Å². The Labute approximate surface area is 146 Å². The zero-order chi connectivity index (χ0) is 18.5. The summed E-state index contributed by atoms with van der Waals surface area (Å²) in [6.07, 6.45) is -1.39. The predicted molar refractivity (Wildman–Crippen MR) is 99.8 cm³/mol. The van der Waals surface area contributed by atoms with Crippen molar-refractivity contribution in [1.82, 2.24) is 0 Å². The van der Waals surface area contributed by atoms with Gasteiger partial charge in [0, 0.05) is 7.11 Å². The number of benzene rings is 1. The van der Waals surface area contributed by atoms with Gasteiger partial charge in [-0.25, -0.2) is 4.79 Å². The van der Waals surface area contributed by atoms with Crippen LogP contribution in [0.15, 0.2) is 42.5 Å². The average molecular weight is 351 g/mol. The standard InChI is InChI=1S/C19H30O4Si/c1-14(2)16(23-24(7,8)19(3,4)5)17(21-6)18(20)22-15-12-10-9-11-13-15/h9-13,16-17H,1H2,2-8H3/t16-,17+/m0/s1. The first-order valence-corrected chi connectivity index (χ1v) is 11.0. The molecule has 0 fully saturated rings. The minimum Gasteiger partial charge on any atom is -0.425 e. The van der Waals surface area contributed by atoms with E-state index < -0.39 is 26.5 Å². The molecule has 0 aliphatic heterocycles. The Bertz CT molecular complexity index is 560. The van der Waals surface area contributed by atoms with Crippen molar-refractivity contribution in [3.63, 3.8) is 0 Å². The van der Waals surface area contributed by atoms with Crippen LogP contribution in [0.2, 0.25) is 18.1 Å². The number of hydrogen-bond acceptors (Lipinski definition) is 4. The van der Waals surface area contributed by atoms with Gasteiger partial charge in [0.15, 0.2) is 14.4 Å². The van der Waals surface area contributed by atoms with Crippen molar-refractivity contribution in [2.45, 2.75) is 58.0 Å². The first-order chi connectivity index (χ1) is 11.0. The van der Waals surface area contributed by atoms with Gasteiger partial charge in [-0.05, 0) is 42.8 Å². The lowest BCUT2D eigenvalue weighted by Gasteiger charge is -2.40. The van der Waals surface area contributed by atoms with Gasteiger partial charge in [0.05, 0.1) is 0 Å². The molecule has 0 aliphatic rings. The molecule has 0 amide bonds. The van der Waals surface area contributed by atoms with Gasteiger partial charge in [-0.1, -0.05) is 45.5 Å². The molecule has 2 atom stereocenters. The van der Waals surface area contributed by atoms with E-state index in [0.717, 1.165) is 5.57 Å². The summed E-state index contributed by atoms with van der Waals surface area (Å²) >= 11 is 0. The van der Waals surface area contributed by atoms with Crippen LogP contribution in [0.25, 0.3) is 0 Å². The zero-order valence-electron chi connectivity index (χ0n) is 15.9. The molecule has 4 nitrogen and oxygen atoms in total. The third-order valence-electron chi connectivity index (χ3n) is 4.44. The summed E-state index contributed by atoms with van der Waals surface area (Å²) in [7, 11) is -0.608. The molecule has 0 spiro atoms. The highest BCUT2D eigenvalue weighted by Gasteiger charge is 2.43. The second-order valence-corrected chi connectivity index (χ2v) is 12.3. The Balaban J connectivity index is 2.99. The van der Waals surface area contributed by atoms with E-state index in [9.17, 15) is 4.79 Å². The highest BCUT2D eigenvalue weighted by molar-refractivity contribution is 6.74. The van der Waals surface area contributed by atoms with E-state index in [0.29, 0.717) is 5.75 Å². The fourth-order valence-electron chi connectivity index (χ4n) is 1.92. The number of esters is 1. The number of ether oxygens (including phenoxy) is 2. The fourth-order valence-corrected chi connectivity index (χ4v) is 3.23. The topological polar surface area (TPSA) is 44.8 Å². The molecule has 1 rings (SSSR count). The van der Waals surface area contributed by atoms with Crippen LogP contribution in [0.1, 0.15) is 27.7 Å².